The molecule has 0 aliphatic carbocycles. The Labute approximate surface area is 109 Å². The zero-order chi connectivity index (χ0) is 11.2. The van der Waals surface area contributed by atoms with Gasteiger partial charge in [-0.05, 0) is 51.1 Å². The van der Waals surface area contributed by atoms with Gasteiger partial charge < -0.3 is 15.0 Å². The highest BCUT2D eigenvalue weighted by Gasteiger charge is 2.19. The van der Waals surface area contributed by atoms with E-state index in [4.69, 9.17) is 4.74 Å². The SMILES string of the molecule is Cl.O=C(OCCC1CCNCC1)N1CCCC1. The van der Waals surface area contributed by atoms with Gasteiger partial charge in [0.2, 0.25) is 0 Å². The first-order valence-electron chi connectivity index (χ1n) is 6.48. The molecule has 0 saturated carbocycles. The van der Waals surface area contributed by atoms with Gasteiger partial charge in [0.15, 0.2) is 0 Å². The van der Waals surface area contributed by atoms with Crippen molar-refractivity contribution < 1.29 is 9.53 Å². The van der Waals surface area contributed by atoms with Crippen LogP contribution in [-0.2, 0) is 4.74 Å². The Kier molecular flexibility index (Phi) is 6.66. The third kappa shape index (κ3) is 4.72. The predicted octanol–water partition coefficient (Wildman–Crippen LogP) is 2.03. The third-order valence-electron chi connectivity index (χ3n) is 3.57. The van der Waals surface area contributed by atoms with E-state index in [1.165, 1.54) is 12.8 Å². The van der Waals surface area contributed by atoms with Gasteiger partial charge in [-0.25, -0.2) is 4.79 Å². The van der Waals surface area contributed by atoms with E-state index < -0.39 is 0 Å². The van der Waals surface area contributed by atoms with Crippen molar-refractivity contribution in [1.29, 1.82) is 0 Å². The Hall–Kier alpha value is -0.480. The molecule has 4 nitrogen and oxygen atoms in total. The van der Waals surface area contributed by atoms with Crippen LogP contribution in [0.3, 0.4) is 0 Å². The molecule has 0 radical (unpaired) electrons. The van der Waals surface area contributed by atoms with Crippen LogP contribution in [0.5, 0.6) is 0 Å². The van der Waals surface area contributed by atoms with Crippen LogP contribution >= 0.6 is 12.4 Å². The largest absolute Gasteiger partial charge is 0.449 e. The number of carbonyl (C=O) groups is 1. The normalized spacial score (nSPS) is 21.1. The minimum absolute atomic E-state index is 0. The molecule has 1 amide bonds. The van der Waals surface area contributed by atoms with Gasteiger partial charge in [-0.1, -0.05) is 0 Å². The second-order valence-corrected chi connectivity index (χ2v) is 4.79. The molecular formula is C12H23ClN2O2. The average molecular weight is 263 g/mol. The summed E-state index contributed by atoms with van der Waals surface area (Å²) in [7, 11) is 0. The van der Waals surface area contributed by atoms with Crippen molar-refractivity contribution in [2.45, 2.75) is 32.1 Å². The smallest absolute Gasteiger partial charge is 0.409 e. The number of nitrogens with zero attached hydrogens (tertiary/aromatic N) is 1. The minimum atomic E-state index is -0.105. The molecule has 2 fully saturated rings. The maximum absolute atomic E-state index is 11.6. The predicted molar refractivity (Wildman–Crippen MR) is 69.6 cm³/mol. The van der Waals surface area contributed by atoms with Gasteiger partial charge in [-0.3, -0.25) is 0 Å². The number of hydrogen-bond acceptors (Lipinski definition) is 3. The van der Waals surface area contributed by atoms with E-state index in [0.29, 0.717) is 6.61 Å². The summed E-state index contributed by atoms with van der Waals surface area (Å²) in [6, 6.07) is 0. The molecule has 0 aromatic carbocycles. The van der Waals surface area contributed by atoms with Crippen molar-refractivity contribution in [3.05, 3.63) is 0 Å². The molecule has 2 saturated heterocycles. The standard InChI is InChI=1S/C12H22N2O2.ClH/c15-12(14-8-1-2-9-14)16-10-5-11-3-6-13-7-4-11;/h11,13H,1-10H2;1H. The number of carbonyl (C=O) groups excluding carboxylic acids is 1. The van der Waals surface area contributed by atoms with Crippen LogP contribution in [-0.4, -0.2) is 43.8 Å². The molecule has 2 aliphatic heterocycles. The maximum atomic E-state index is 11.6. The Morgan fingerprint density at radius 2 is 1.88 bits per heavy atom. The van der Waals surface area contributed by atoms with Crippen molar-refractivity contribution in [2.24, 2.45) is 5.92 Å². The lowest BCUT2D eigenvalue weighted by Crippen LogP contribution is -2.30. The number of amides is 1. The molecule has 5 heteroatoms. The van der Waals surface area contributed by atoms with Crippen molar-refractivity contribution in [2.75, 3.05) is 32.8 Å². The van der Waals surface area contributed by atoms with E-state index in [1.54, 1.807) is 0 Å². The van der Waals surface area contributed by atoms with E-state index in [9.17, 15) is 4.79 Å². The van der Waals surface area contributed by atoms with Crippen LogP contribution < -0.4 is 5.32 Å². The molecular weight excluding hydrogens is 240 g/mol. The Morgan fingerprint density at radius 1 is 1.24 bits per heavy atom. The summed E-state index contributed by atoms with van der Waals surface area (Å²) in [6.45, 7) is 4.59. The fraction of sp³-hybridized carbons (Fsp3) is 0.917. The van der Waals surface area contributed by atoms with Crippen molar-refractivity contribution in [1.82, 2.24) is 10.2 Å². The van der Waals surface area contributed by atoms with Gasteiger partial charge in [0.1, 0.15) is 0 Å². The summed E-state index contributed by atoms with van der Waals surface area (Å²) in [6.07, 6.45) is 5.63. The molecule has 2 heterocycles. The molecule has 0 aromatic heterocycles. The zero-order valence-electron chi connectivity index (χ0n) is 10.3. The van der Waals surface area contributed by atoms with E-state index in [-0.39, 0.29) is 18.5 Å². The summed E-state index contributed by atoms with van der Waals surface area (Å²) >= 11 is 0. The lowest BCUT2D eigenvalue weighted by molar-refractivity contribution is 0.102. The van der Waals surface area contributed by atoms with Crippen LogP contribution in [0.1, 0.15) is 32.1 Å². The molecule has 2 rings (SSSR count). The van der Waals surface area contributed by atoms with Crippen molar-refractivity contribution in [3.63, 3.8) is 0 Å². The maximum Gasteiger partial charge on any atom is 0.409 e. The van der Waals surface area contributed by atoms with Crippen molar-refractivity contribution >= 4 is 18.5 Å². The summed E-state index contributed by atoms with van der Waals surface area (Å²) in [5, 5.41) is 3.34. The number of likely N-dealkylation sites (tertiary alicyclic amines) is 1. The lowest BCUT2D eigenvalue weighted by Gasteiger charge is -2.22. The number of nitrogens with one attached hydrogen (secondary N) is 1. The number of ether oxygens (including phenoxy) is 1. The Balaban J connectivity index is 0.00000144. The lowest BCUT2D eigenvalue weighted by atomic mass is 9.95. The number of piperidine rings is 1. The topological polar surface area (TPSA) is 41.6 Å². The van der Waals surface area contributed by atoms with E-state index in [1.807, 2.05) is 4.90 Å². The van der Waals surface area contributed by atoms with Gasteiger partial charge in [-0.2, -0.15) is 0 Å². The molecule has 0 aromatic rings. The monoisotopic (exact) mass is 262 g/mol. The second kappa shape index (κ2) is 7.77. The van der Waals surface area contributed by atoms with E-state index in [0.717, 1.165) is 51.4 Å². The molecule has 0 atom stereocenters. The van der Waals surface area contributed by atoms with Gasteiger partial charge in [-0.15, -0.1) is 12.4 Å². The van der Waals surface area contributed by atoms with Crippen LogP contribution in [0.15, 0.2) is 0 Å². The summed E-state index contributed by atoms with van der Waals surface area (Å²) in [5.74, 6) is 0.743. The number of rotatable bonds is 3. The van der Waals surface area contributed by atoms with Crippen LogP contribution in [0, 0.1) is 5.92 Å². The fourth-order valence-electron chi connectivity index (χ4n) is 2.47. The Morgan fingerprint density at radius 3 is 2.53 bits per heavy atom. The van der Waals surface area contributed by atoms with Crippen molar-refractivity contribution in [3.8, 4) is 0 Å². The average Bonchev–Trinajstić information content (AvgIpc) is 2.84. The first-order valence-corrected chi connectivity index (χ1v) is 6.48. The van der Waals surface area contributed by atoms with Crippen LogP contribution in [0.4, 0.5) is 4.79 Å². The zero-order valence-corrected chi connectivity index (χ0v) is 11.1. The van der Waals surface area contributed by atoms with Gasteiger partial charge >= 0.3 is 6.09 Å². The quantitative estimate of drug-likeness (QED) is 0.846. The summed E-state index contributed by atoms with van der Waals surface area (Å²) in [5.41, 5.74) is 0. The number of halogens is 1. The van der Waals surface area contributed by atoms with Gasteiger partial charge in [0.05, 0.1) is 6.61 Å². The summed E-state index contributed by atoms with van der Waals surface area (Å²) < 4.78 is 5.30. The van der Waals surface area contributed by atoms with E-state index in [2.05, 4.69) is 5.32 Å². The Bertz CT molecular complexity index is 227. The van der Waals surface area contributed by atoms with Crippen LogP contribution in [0.2, 0.25) is 0 Å². The molecule has 100 valence electrons. The minimum Gasteiger partial charge on any atom is -0.449 e. The second-order valence-electron chi connectivity index (χ2n) is 4.79. The highest BCUT2D eigenvalue weighted by Crippen LogP contribution is 2.16. The highest BCUT2D eigenvalue weighted by atomic mass is 35.5. The highest BCUT2D eigenvalue weighted by molar-refractivity contribution is 5.85. The number of hydrogen-bond donors (Lipinski definition) is 1. The van der Waals surface area contributed by atoms with E-state index >= 15 is 0 Å². The molecule has 1 N–H and O–H groups in total. The third-order valence-corrected chi connectivity index (χ3v) is 3.57. The molecule has 17 heavy (non-hydrogen) atoms. The molecule has 0 unspecified atom stereocenters. The molecule has 0 spiro atoms. The first-order chi connectivity index (χ1) is 7.86. The van der Waals surface area contributed by atoms with Crippen LogP contribution in [0.25, 0.3) is 0 Å². The molecule has 2 aliphatic rings. The van der Waals surface area contributed by atoms with Gasteiger partial charge in [0, 0.05) is 13.1 Å². The first kappa shape index (κ1) is 14.6. The van der Waals surface area contributed by atoms with Gasteiger partial charge in [0.25, 0.3) is 0 Å². The molecule has 0 bridgehead atoms. The fourth-order valence-corrected chi connectivity index (χ4v) is 2.47. The summed E-state index contributed by atoms with van der Waals surface area (Å²) in [4.78, 5) is 13.4.